The van der Waals surface area contributed by atoms with E-state index in [4.69, 9.17) is 20.9 Å². The zero-order chi connectivity index (χ0) is 16.0. The second-order valence-corrected chi connectivity index (χ2v) is 5.41. The van der Waals surface area contributed by atoms with Gasteiger partial charge < -0.3 is 31.6 Å². The molecule has 0 bridgehead atoms. The van der Waals surface area contributed by atoms with Crippen molar-refractivity contribution in [2.75, 3.05) is 40.5 Å². The van der Waals surface area contributed by atoms with Crippen molar-refractivity contribution in [2.45, 2.75) is 51.9 Å². The smallest absolute Gasteiger partial charge is 0.0617 e. The molecule has 6 nitrogen and oxygen atoms in total. The fraction of sp³-hybridized carbons (Fsp3) is 1.00. The van der Waals surface area contributed by atoms with Crippen LogP contribution in [0.4, 0.5) is 0 Å². The van der Waals surface area contributed by atoms with E-state index >= 15 is 0 Å². The third-order valence-corrected chi connectivity index (χ3v) is 2.48. The molecule has 0 rings (SSSR count). The van der Waals surface area contributed by atoms with E-state index in [9.17, 15) is 0 Å². The molecule has 0 aromatic carbocycles. The van der Waals surface area contributed by atoms with Crippen molar-refractivity contribution in [3.63, 3.8) is 0 Å². The molecule has 0 aliphatic heterocycles. The van der Waals surface area contributed by atoms with Gasteiger partial charge in [-0.1, -0.05) is 0 Å². The predicted molar refractivity (Wildman–Crippen MR) is 86.0 cm³/mol. The fourth-order valence-corrected chi connectivity index (χ4v) is 1.03. The molecule has 0 heterocycles. The van der Waals surface area contributed by atoms with Gasteiger partial charge in [0.2, 0.25) is 0 Å². The molecule has 0 radical (unpaired) electrons. The highest BCUT2D eigenvalue weighted by Gasteiger charge is 1.99. The van der Waals surface area contributed by atoms with Gasteiger partial charge >= 0.3 is 0 Å². The van der Waals surface area contributed by atoms with Crippen molar-refractivity contribution in [2.24, 2.45) is 11.5 Å². The van der Waals surface area contributed by atoms with Crippen LogP contribution in [0.5, 0.6) is 0 Å². The predicted octanol–water partition coefficient (Wildman–Crippen LogP) is -0.0838. The van der Waals surface area contributed by atoms with Gasteiger partial charge in [-0.2, -0.15) is 0 Å². The Morgan fingerprint density at radius 2 is 1.00 bits per heavy atom. The number of nitrogens with one attached hydrogen (secondary N) is 2. The van der Waals surface area contributed by atoms with Crippen molar-refractivity contribution in [1.82, 2.24) is 10.6 Å². The maximum absolute atomic E-state index is 5.47. The molecule has 0 aliphatic rings. The summed E-state index contributed by atoms with van der Waals surface area (Å²) < 4.78 is 10.5. The lowest BCUT2D eigenvalue weighted by Crippen LogP contribution is -2.30. The van der Waals surface area contributed by atoms with Crippen molar-refractivity contribution in [3.05, 3.63) is 0 Å². The van der Waals surface area contributed by atoms with E-state index in [1.165, 1.54) is 0 Å². The maximum atomic E-state index is 5.47. The molecule has 6 N–H and O–H groups in total. The highest BCUT2D eigenvalue weighted by molar-refractivity contribution is 4.56. The Morgan fingerprint density at radius 3 is 1.20 bits per heavy atom. The van der Waals surface area contributed by atoms with Crippen LogP contribution in [0.25, 0.3) is 0 Å². The molecule has 0 fully saturated rings. The minimum absolute atomic E-state index is 0.143. The monoisotopic (exact) mass is 292 g/mol. The summed E-state index contributed by atoms with van der Waals surface area (Å²) in [6.45, 7) is 10.8. The zero-order valence-corrected chi connectivity index (χ0v) is 14.1. The Balaban J connectivity index is 0. The lowest BCUT2D eigenvalue weighted by Gasteiger charge is -2.11. The van der Waals surface area contributed by atoms with Gasteiger partial charge in [0.1, 0.15) is 0 Å². The fourth-order valence-electron chi connectivity index (χ4n) is 1.03. The minimum Gasteiger partial charge on any atom is -0.378 e. The summed E-state index contributed by atoms with van der Waals surface area (Å²) in [5.41, 5.74) is 10.9. The van der Waals surface area contributed by atoms with Crippen LogP contribution in [-0.4, -0.2) is 64.7 Å². The third kappa shape index (κ3) is 20.1. The summed E-state index contributed by atoms with van der Waals surface area (Å²) in [4.78, 5) is 0. The lowest BCUT2D eigenvalue weighted by atomic mass is 10.3. The number of hydrogen-bond donors (Lipinski definition) is 4. The van der Waals surface area contributed by atoms with Crippen LogP contribution < -0.4 is 22.1 Å². The van der Waals surface area contributed by atoms with Gasteiger partial charge in [0, 0.05) is 24.2 Å². The average Bonchev–Trinajstić information content (AvgIpc) is 2.38. The molecule has 20 heavy (non-hydrogen) atoms. The first-order valence-corrected chi connectivity index (χ1v) is 7.34. The summed E-state index contributed by atoms with van der Waals surface area (Å²) >= 11 is 0. The van der Waals surface area contributed by atoms with Crippen molar-refractivity contribution in [3.8, 4) is 0 Å². The van der Waals surface area contributed by atoms with Gasteiger partial charge in [0.25, 0.3) is 0 Å². The summed E-state index contributed by atoms with van der Waals surface area (Å²) in [5.74, 6) is 0. The van der Waals surface area contributed by atoms with E-state index in [0.717, 1.165) is 13.2 Å². The van der Waals surface area contributed by atoms with E-state index in [-0.39, 0.29) is 12.1 Å². The van der Waals surface area contributed by atoms with Crippen LogP contribution in [0.1, 0.15) is 27.7 Å². The van der Waals surface area contributed by atoms with Gasteiger partial charge in [-0.25, -0.2) is 0 Å². The van der Waals surface area contributed by atoms with E-state index in [2.05, 4.69) is 24.5 Å². The normalized spacial score (nSPS) is 16.8. The van der Waals surface area contributed by atoms with Gasteiger partial charge in [-0.05, 0) is 41.8 Å². The molecule has 124 valence electrons. The molecule has 0 saturated heterocycles. The molecule has 0 saturated carbocycles. The van der Waals surface area contributed by atoms with Crippen molar-refractivity contribution in [1.29, 1.82) is 0 Å². The molecular weight excluding hydrogens is 256 g/mol. The Morgan fingerprint density at radius 1 is 0.700 bits per heavy atom. The van der Waals surface area contributed by atoms with Crippen LogP contribution in [-0.2, 0) is 9.47 Å². The molecule has 0 amide bonds. The molecule has 4 unspecified atom stereocenters. The Kier molecular flexibility index (Phi) is 16.7. The van der Waals surface area contributed by atoms with E-state index < -0.39 is 0 Å². The summed E-state index contributed by atoms with van der Waals surface area (Å²) in [6, 6.07) is 1.12. The van der Waals surface area contributed by atoms with Crippen molar-refractivity contribution >= 4 is 0 Å². The second-order valence-electron chi connectivity index (χ2n) is 5.41. The molecular formula is C14H36N4O2. The highest BCUT2D eigenvalue weighted by Crippen LogP contribution is 1.85. The molecule has 0 aromatic heterocycles. The van der Waals surface area contributed by atoms with Crippen molar-refractivity contribution < 1.29 is 9.47 Å². The van der Waals surface area contributed by atoms with Crippen LogP contribution >= 0.6 is 0 Å². The van der Waals surface area contributed by atoms with E-state index in [1.54, 1.807) is 0 Å². The number of hydrogen-bond acceptors (Lipinski definition) is 6. The Bertz CT molecular complexity index is 172. The average molecular weight is 292 g/mol. The van der Waals surface area contributed by atoms with E-state index in [0.29, 0.717) is 25.3 Å². The first-order valence-electron chi connectivity index (χ1n) is 7.34. The standard InChI is InChI=1S/2C7H18N2O/c2*1-6(8)4-10-5-7(2)9-3/h2*6-7,9H,4-5,8H2,1-3H3. The zero-order valence-electron chi connectivity index (χ0n) is 14.1. The summed E-state index contributed by atoms with van der Waals surface area (Å²) in [5, 5.41) is 6.15. The van der Waals surface area contributed by atoms with Crippen LogP contribution in [0.15, 0.2) is 0 Å². The molecule has 0 aliphatic carbocycles. The number of nitrogens with two attached hydrogens (primary N) is 2. The van der Waals surface area contributed by atoms with Gasteiger partial charge in [-0.3, -0.25) is 0 Å². The first kappa shape index (κ1) is 22.0. The van der Waals surface area contributed by atoms with Gasteiger partial charge in [-0.15, -0.1) is 0 Å². The molecule has 6 heteroatoms. The van der Waals surface area contributed by atoms with Crippen LogP contribution in [0.3, 0.4) is 0 Å². The molecule has 0 aromatic rings. The lowest BCUT2D eigenvalue weighted by molar-refractivity contribution is 0.109. The molecule has 0 spiro atoms. The second kappa shape index (κ2) is 15.2. The summed E-state index contributed by atoms with van der Waals surface area (Å²) in [6.07, 6.45) is 0. The molecule has 4 atom stereocenters. The Hall–Kier alpha value is -0.240. The minimum atomic E-state index is 0.143. The van der Waals surface area contributed by atoms with Crippen LogP contribution in [0.2, 0.25) is 0 Å². The number of rotatable bonds is 10. The third-order valence-electron chi connectivity index (χ3n) is 2.48. The topological polar surface area (TPSA) is 94.6 Å². The van der Waals surface area contributed by atoms with Gasteiger partial charge in [0.15, 0.2) is 0 Å². The highest BCUT2D eigenvalue weighted by atomic mass is 16.5. The van der Waals surface area contributed by atoms with E-state index in [1.807, 2.05) is 27.9 Å². The number of likely N-dealkylation sites (N-methyl/N-ethyl adjacent to an activating group) is 2. The Labute approximate surface area is 124 Å². The van der Waals surface area contributed by atoms with Gasteiger partial charge in [0.05, 0.1) is 26.4 Å². The number of ether oxygens (including phenoxy) is 2. The maximum Gasteiger partial charge on any atom is 0.0617 e. The SMILES string of the molecule is CNC(C)COCC(C)N.CNC(C)COCC(C)N. The quantitative estimate of drug-likeness (QED) is 0.450. The largest absolute Gasteiger partial charge is 0.378 e. The first-order chi connectivity index (χ1) is 9.33. The summed E-state index contributed by atoms with van der Waals surface area (Å²) in [7, 11) is 3.83. The van der Waals surface area contributed by atoms with Crippen LogP contribution in [0, 0.1) is 0 Å².